The lowest BCUT2D eigenvalue weighted by atomic mass is 10.1. The van der Waals surface area contributed by atoms with Gasteiger partial charge in [-0.15, -0.1) is 0 Å². The number of nitrogens with one attached hydrogen (secondary N) is 1. The van der Waals surface area contributed by atoms with Gasteiger partial charge in [0, 0.05) is 17.7 Å². The van der Waals surface area contributed by atoms with E-state index in [-0.39, 0.29) is 16.9 Å². The van der Waals surface area contributed by atoms with Crippen LogP contribution in [0.1, 0.15) is 5.56 Å². The summed E-state index contributed by atoms with van der Waals surface area (Å²) in [7, 11) is 0. The van der Waals surface area contributed by atoms with Crippen LogP contribution in [-0.4, -0.2) is 27.9 Å². The molecule has 2 aromatic carbocycles. The lowest BCUT2D eigenvalue weighted by Gasteiger charge is -2.26. The number of hydrogen-bond donors (Lipinski definition) is 2. The van der Waals surface area contributed by atoms with Crippen LogP contribution in [-0.2, 0) is 9.59 Å². The van der Waals surface area contributed by atoms with E-state index in [1.807, 2.05) is 5.32 Å². The maximum absolute atomic E-state index is 13.1. The summed E-state index contributed by atoms with van der Waals surface area (Å²) < 4.78 is 13.1. The average Bonchev–Trinajstić information content (AvgIpc) is 2.61. The fourth-order valence-electron chi connectivity index (χ4n) is 2.41. The monoisotopic (exact) mass is 371 g/mol. The number of nitrogens with zero attached hydrogens (tertiary/aromatic N) is 2. The molecule has 10 heteroatoms. The molecule has 0 aliphatic carbocycles. The van der Waals surface area contributed by atoms with E-state index >= 15 is 0 Å². The van der Waals surface area contributed by atoms with Crippen molar-refractivity contribution in [3.8, 4) is 5.75 Å². The third kappa shape index (κ3) is 3.35. The zero-order valence-corrected chi connectivity index (χ0v) is 13.4. The van der Waals surface area contributed by atoms with Crippen molar-refractivity contribution < 1.29 is 28.8 Å². The molecule has 1 aliphatic heterocycles. The molecule has 0 unspecified atom stereocenters. The fraction of sp³-hybridized carbons (Fsp3) is 0. The number of amides is 4. The smallest absolute Gasteiger partial charge is 0.335 e. The molecule has 136 valence electrons. The van der Waals surface area contributed by atoms with Gasteiger partial charge in [-0.25, -0.2) is 14.1 Å². The molecule has 0 aromatic heterocycles. The number of imide groups is 2. The van der Waals surface area contributed by atoms with Crippen LogP contribution in [0.5, 0.6) is 5.75 Å². The fourth-order valence-corrected chi connectivity index (χ4v) is 2.41. The molecular weight excluding hydrogens is 361 g/mol. The summed E-state index contributed by atoms with van der Waals surface area (Å²) in [5.74, 6) is -3.05. The summed E-state index contributed by atoms with van der Waals surface area (Å²) in [6, 6.07) is 6.44. The van der Waals surface area contributed by atoms with E-state index in [9.17, 15) is 34.0 Å². The molecule has 0 atom stereocenters. The Bertz CT molecular complexity index is 1020. The highest BCUT2D eigenvalue weighted by Crippen LogP contribution is 2.27. The Morgan fingerprint density at radius 2 is 1.78 bits per heavy atom. The van der Waals surface area contributed by atoms with Crippen molar-refractivity contribution in [2.24, 2.45) is 0 Å². The number of phenols is 1. The Balaban J connectivity index is 2.06. The molecule has 2 aromatic rings. The van der Waals surface area contributed by atoms with Crippen LogP contribution in [0.3, 0.4) is 0 Å². The number of hydrogen-bond acceptors (Lipinski definition) is 6. The summed E-state index contributed by atoms with van der Waals surface area (Å²) >= 11 is 0. The first-order chi connectivity index (χ1) is 12.8. The number of aromatic hydroxyl groups is 1. The highest BCUT2D eigenvalue weighted by atomic mass is 19.1. The maximum atomic E-state index is 13.1. The topological polar surface area (TPSA) is 130 Å². The number of nitro benzene ring substituents is 1. The van der Waals surface area contributed by atoms with E-state index < -0.39 is 39.9 Å². The van der Waals surface area contributed by atoms with Gasteiger partial charge < -0.3 is 5.11 Å². The van der Waals surface area contributed by atoms with Crippen molar-refractivity contribution in [3.63, 3.8) is 0 Å². The number of halogens is 1. The molecule has 0 saturated carbocycles. The van der Waals surface area contributed by atoms with Gasteiger partial charge in [-0.1, -0.05) is 0 Å². The number of carbonyl (C=O) groups is 3. The molecule has 1 fully saturated rings. The second kappa shape index (κ2) is 6.67. The van der Waals surface area contributed by atoms with Gasteiger partial charge in [0.1, 0.15) is 17.1 Å². The first kappa shape index (κ1) is 17.7. The van der Waals surface area contributed by atoms with Crippen LogP contribution in [0.4, 0.5) is 20.6 Å². The van der Waals surface area contributed by atoms with Gasteiger partial charge in [0.25, 0.3) is 17.5 Å². The van der Waals surface area contributed by atoms with E-state index in [4.69, 9.17) is 0 Å². The van der Waals surface area contributed by atoms with Gasteiger partial charge in [0.15, 0.2) is 0 Å². The molecular formula is C17H10FN3O6. The van der Waals surface area contributed by atoms with Crippen LogP contribution >= 0.6 is 0 Å². The van der Waals surface area contributed by atoms with Crippen molar-refractivity contribution in [2.75, 3.05) is 4.90 Å². The second-order valence-corrected chi connectivity index (χ2v) is 5.43. The summed E-state index contributed by atoms with van der Waals surface area (Å²) in [6.07, 6.45) is 0.933. The number of barbiturate groups is 1. The standard InChI is InChI=1S/C17H10FN3O6/c18-10-1-3-11(4-2-10)20-16(24)13(15(23)19-17(20)25)8-9-7-12(21(26)27)5-6-14(9)22/h1-8,22H,(H,19,23,25)/b13-8+. The first-order valence-electron chi connectivity index (χ1n) is 7.42. The van der Waals surface area contributed by atoms with Gasteiger partial charge in [0.2, 0.25) is 0 Å². The zero-order chi connectivity index (χ0) is 19.7. The molecule has 27 heavy (non-hydrogen) atoms. The van der Waals surface area contributed by atoms with Gasteiger partial charge in [0.05, 0.1) is 10.6 Å². The van der Waals surface area contributed by atoms with Crippen LogP contribution in [0.25, 0.3) is 6.08 Å². The van der Waals surface area contributed by atoms with Crippen molar-refractivity contribution in [1.82, 2.24) is 5.32 Å². The molecule has 3 rings (SSSR count). The third-order valence-electron chi connectivity index (χ3n) is 3.71. The zero-order valence-electron chi connectivity index (χ0n) is 13.4. The lowest BCUT2D eigenvalue weighted by molar-refractivity contribution is -0.384. The van der Waals surface area contributed by atoms with E-state index in [2.05, 4.69) is 0 Å². The number of phenolic OH excluding ortho intramolecular Hbond substituents is 1. The molecule has 1 heterocycles. The van der Waals surface area contributed by atoms with Gasteiger partial charge in [-0.05, 0) is 36.4 Å². The van der Waals surface area contributed by atoms with Crippen LogP contribution < -0.4 is 10.2 Å². The van der Waals surface area contributed by atoms with Crippen molar-refractivity contribution in [3.05, 3.63) is 69.5 Å². The molecule has 1 saturated heterocycles. The van der Waals surface area contributed by atoms with Gasteiger partial charge in [-0.2, -0.15) is 0 Å². The van der Waals surface area contributed by atoms with E-state index in [0.717, 1.165) is 36.4 Å². The Labute approximate surface area is 150 Å². The predicted molar refractivity (Wildman–Crippen MR) is 90.2 cm³/mol. The summed E-state index contributed by atoms with van der Waals surface area (Å²) in [4.78, 5) is 47.5. The maximum Gasteiger partial charge on any atom is 0.335 e. The van der Waals surface area contributed by atoms with E-state index in [0.29, 0.717) is 4.90 Å². The Morgan fingerprint density at radius 3 is 2.41 bits per heavy atom. The number of rotatable bonds is 3. The molecule has 2 N–H and O–H groups in total. The van der Waals surface area contributed by atoms with Crippen molar-refractivity contribution in [1.29, 1.82) is 0 Å². The minimum atomic E-state index is -1.03. The van der Waals surface area contributed by atoms with Crippen LogP contribution in [0.2, 0.25) is 0 Å². The Morgan fingerprint density at radius 1 is 1.11 bits per heavy atom. The average molecular weight is 371 g/mol. The predicted octanol–water partition coefficient (Wildman–Crippen LogP) is 2.11. The number of anilines is 1. The summed E-state index contributed by atoms with van der Waals surface area (Å²) in [5.41, 5.74) is -1.04. The molecule has 0 bridgehead atoms. The molecule has 4 amide bonds. The van der Waals surface area contributed by atoms with Gasteiger partial charge in [-0.3, -0.25) is 25.0 Å². The molecule has 1 aliphatic rings. The SMILES string of the molecule is O=C1NC(=O)N(c2ccc(F)cc2)C(=O)/C1=C/c1cc([N+](=O)[O-])ccc1O. The number of urea groups is 1. The Hall–Kier alpha value is -4.08. The van der Waals surface area contributed by atoms with Crippen LogP contribution in [0.15, 0.2) is 48.0 Å². The quantitative estimate of drug-likeness (QED) is 0.368. The van der Waals surface area contributed by atoms with Crippen molar-refractivity contribution >= 4 is 35.3 Å². The molecule has 0 radical (unpaired) electrons. The summed E-state index contributed by atoms with van der Waals surface area (Å²) in [5, 5.41) is 22.7. The van der Waals surface area contributed by atoms with E-state index in [1.54, 1.807) is 0 Å². The number of non-ortho nitro benzene ring substituents is 1. The van der Waals surface area contributed by atoms with Crippen molar-refractivity contribution in [2.45, 2.75) is 0 Å². The number of carbonyl (C=O) groups excluding carboxylic acids is 3. The number of benzene rings is 2. The van der Waals surface area contributed by atoms with E-state index in [1.165, 1.54) is 12.1 Å². The lowest BCUT2D eigenvalue weighted by Crippen LogP contribution is -2.54. The van der Waals surface area contributed by atoms with Gasteiger partial charge >= 0.3 is 6.03 Å². The number of nitro groups is 1. The minimum absolute atomic E-state index is 0.0144. The Kier molecular flexibility index (Phi) is 4.38. The normalized spacial score (nSPS) is 15.8. The highest BCUT2D eigenvalue weighted by molar-refractivity contribution is 6.39. The molecule has 0 spiro atoms. The molecule has 9 nitrogen and oxygen atoms in total. The second-order valence-electron chi connectivity index (χ2n) is 5.43. The third-order valence-corrected chi connectivity index (χ3v) is 3.71. The van der Waals surface area contributed by atoms with Crippen LogP contribution in [0, 0.1) is 15.9 Å². The highest BCUT2D eigenvalue weighted by Gasteiger charge is 2.37. The first-order valence-corrected chi connectivity index (χ1v) is 7.42. The largest absolute Gasteiger partial charge is 0.507 e. The minimum Gasteiger partial charge on any atom is -0.507 e. The summed E-state index contributed by atoms with van der Waals surface area (Å²) in [6.45, 7) is 0.